The first kappa shape index (κ1) is 147. The van der Waals surface area contributed by atoms with E-state index in [1.807, 2.05) is 13.8 Å². The predicted octanol–water partition coefficient (Wildman–Crippen LogP) is 27.2. The lowest BCUT2D eigenvalue weighted by Crippen LogP contribution is -2.34. The number of ether oxygens (including phenoxy) is 4. The fourth-order valence-corrected chi connectivity index (χ4v) is 10.6. The van der Waals surface area contributed by atoms with Gasteiger partial charge >= 0.3 is 0 Å². The monoisotopic (exact) mass is 1910 g/mol. The third-order valence-electron chi connectivity index (χ3n) is 19.0. The molecule has 20 heteroatoms. The number of nitrogens with one attached hydrogen (secondary N) is 7. The van der Waals surface area contributed by atoms with Gasteiger partial charge in [-0.2, -0.15) is 0 Å². The minimum atomic E-state index is -0.0272. The number of likely N-dealkylation sites (N-methyl/N-ethyl adjacent to an activating group) is 1. The number of hydrogen-bond acceptors (Lipinski definition) is 13. The van der Waals surface area contributed by atoms with Crippen molar-refractivity contribution < 1.29 is 57.3 Å². The fraction of sp³-hybridized carbons (Fsp3) is 0.877. The topological polar surface area (TPSA) is 261 Å². The lowest BCUT2D eigenvalue weighted by Gasteiger charge is -2.20. The van der Waals surface area contributed by atoms with E-state index in [0.717, 1.165) is 128 Å². The van der Waals surface area contributed by atoms with E-state index in [9.17, 15) is 38.4 Å². The first-order chi connectivity index (χ1) is 61.2. The van der Waals surface area contributed by atoms with E-state index in [2.05, 4.69) is 371 Å². The lowest BCUT2D eigenvalue weighted by molar-refractivity contribution is -0.126. The maximum absolute atomic E-state index is 11.6. The molecule has 0 unspecified atom stereocenters. The van der Waals surface area contributed by atoms with Gasteiger partial charge in [0.05, 0.1) is 12.7 Å². The molecule has 0 fully saturated rings. The Morgan fingerprint density at radius 2 is 0.679 bits per heavy atom. The van der Waals surface area contributed by atoms with Crippen molar-refractivity contribution in [2.24, 2.45) is 98.1 Å². The van der Waals surface area contributed by atoms with E-state index in [-0.39, 0.29) is 81.4 Å². The Balaban J connectivity index is -0.000000185. The van der Waals surface area contributed by atoms with Crippen molar-refractivity contribution in [3.8, 4) is 5.75 Å². The summed E-state index contributed by atoms with van der Waals surface area (Å²) in [6.45, 7) is 107. The number of benzene rings is 1. The van der Waals surface area contributed by atoms with Gasteiger partial charge in [0, 0.05) is 123 Å². The van der Waals surface area contributed by atoms with Crippen LogP contribution in [0.1, 0.15) is 451 Å². The van der Waals surface area contributed by atoms with Crippen LogP contribution in [0.5, 0.6) is 5.75 Å². The van der Waals surface area contributed by atoms with Gasteiger partial charge in [0.2, 0.25) is 41.4 Å². The minimum Gasteiger partial charge on any atom is -0.493 e. The number of unbranched alkanes of at least 4 members (excludes halogenated alkanes) is 1. The summed E-state index contributed by atoms with van der Waals surface area (Å²) in [5, 5.41) is 20.4. The van der Waals surface area contributed by atoms with Crippen molar-refractivity contribution in [3.05, 3.63) is 29.8 Å². The first-order valence-electron chi connectivity index (χ1n) is 52.8. The van der Waals surface area contributed by atoms with Gasteiger partial charge < -0.3 is 61.1 Å². The quantitative estimate of drug-likeness (QED) is 0.0300. The number of amides is 7. The second kappa shape index (κ2) is 89.2. The molecule has 7 amide bonds. The molecule has 0 heterocycles. The summed E-state index contributed by atoms with van der Waals surface area (Å²) in [4.78, 5) is 92.4. The van der Waals surface area contributed by atoms with Crippen LogP contribution in [-0.2, 0) is 52.6 Å². The highest BCUT2D eigenvalue weighted by Crippen LogP contribution is 2.25. The van der Waals surface area contributed by atoms with E-state index in [0.29, 0.717) is 154 Å². The average Bonchev–Trinajstić information content (AvgIpc) is 0.892. The molecule has 0 saturated heterocycles. The van der Waals surface area contributed by atoms with Crippen molar-refractivity contribution >= 4 is 47.1 Å². The SMILES string of the molecule is CC(C)CCC(=O)COCC(C)C.CC(C)CCC(=O)NCC(C)C.CC(C)CCCNC(=O)CCC(C)C.CC(C)CCNC(=O)CCC(C)C.CC(C)CN(C)CCNC(=O)CCC(C)(C)C.CC(C)CNC(=O)CCC(C)(C)C.CC(C)COCC(=O)NCC(C)(C)C.CC(C)COc1ccc(C(C)C)cc1.CC(C)NC(=O)CCC(C)(C)C.CC(C)OCCCCC(C)(C)C. The summed E-state index contributed by atoms with van der Waals surface area (Å²) < 4.78 is 21.5. The van der Waals surface area contributed by atoms with Crippen molar-refractivity contribution in [1.29, 1.82) is 0 Å². The van der Waals surface area contributed by atoms with E-state index in [1.165, 1.54) is 31.2 Å². The lowest BCUT2D eigenvalue weighted by atomic mass is 9.90. The summed E-state index contributed by atoms with van der Waals surface area (Å²) in [6.07, 6.45) is 19.0. The van der Waals surface area contributed by atoms with E-state index in [1.54, 1.807) is 0 Å². The van der Waals surface area contributed by atoms with Crippen LogP contribution in [0.2, 0.25) is 0 Å². The van der Waals surface area contributed by atoms with Crippen LogP contribution in [0.3, 0.4) is 0 Å². The van der Waals surface area contributed by atoms with E-state index < -0.39 is 0 Å². The molecule has 1 aromatic carbocycles. The first-order valence-corrected chi connectivity index (χ1v) is 52.8. The largest absolute Gasteiger partial charge is 0.493 e. The predicted molar refractivity (Wildman–Crippen MR) is 580 cm³/mol. The molecule has 134 heavy (non-hydrogen) atoms. The van der Waals surface area contributed by atoms with Gasteiger partial charge in [-0.15, -0.1) is 0 Å². The highest BCUT2D eigenvalue weighted by atomic mass is 16.5. The molecule has 0 atom stereocenters. The molecule has 0 spiro atoms. The molecular formula is C114H232N8O12. The van der Waals surface area contributed by atoms with Crippen LogP contribution in [0.25, 0.3) is 0 Å². The Morgan fingerprint density at radius 3 is 1.03 bits per heavy atom. The van der Waals surface area contributed by atoms with E-state index >= 15 is 0 Å². The third-order valence-corrected chi connectivity index (χ3v) is 19.0. The smallest absolute Gasteiger partial charge is 0.246 e. The zero-order valence-corrected chi connectivity index (χ0v) is 97.4. The maximum Gasteiger partial charge on any atom is 0.246 e. The Morgan fingerprint density at radius 1 is 0.321 bits per heavy atom. The third kappa shape index (κ3) is 150. The zero-order valence-electron chi connectivity index (χ0n) is 97.4. The van der Waals surface area contributed by atoms with Crippen LogP contribution < -0.4 is 42.0 Å². The van der Waals surface area contributed by atoms with Crippen molar-refractivity contribution in [2.45, 2.75) is 458 Å². The van der Waals surface area contributed by atoms with Crippen LogP contribution in [0.4, 0.5) is 0 Å². The molecule has 800 valence electrons. The molecule has 0 aliphatic heterocycles. The second-order valence-corrected chi connectivity index (χ2v) is 49.0. The number of nitrogens with zero attached hydrogens (tertiary/aromatic N) is 1. The number of hydrogen-bond donors (Lipinski definition) is 7. The van der Waals surface area contributed by atoms with Crippen molar-refractivity contribution in [1.82, 2.24) is 42.1 Å². The zero-order chi connectivity index (χ0) is 106. The second-order valence-electron chi connectivity index (χ2n) is 49.0. The van der Waals surface area contributed by atoms with Gasteiger partial charge in [-0.25, -0.2) is 0 Å². The summed E-state index contributed by atoms with van der Waals surface area (Å²) in [5.74, 6) is 10.1. The standard InChI is InChI=1S/C14H30N2O.C13H20O.C12H25NO.C11H23NO2.2C11H23NO.C11H22O2.C11H24O.2C10H21NO/c1-12(2)11-16(6)10-9-15-13(17)7-8-14(3,4)5;1-10(2)9-14-13-7-5-12(6-8-13)11(3)4;1-10(2)6-5-9-13-12(14)8-7-11(3)4;1-9(2)6-14-7-10(13)12-8-11(3,4)5;1-9(2)8-12-10(13)6-7-11(3,4)5;1-9(2)5-6-11(13)12-8-7-10(3)4;1-9(2)5-6-11(12)8-13-7-10(3)4;1-10(2)12-9-7-6-8-11(3,4)5;1-8(2)11-9(12)6-7-10(3,4)5;1-8(2)5-6-10(12)11-7-9(3)4/h12H,7-11H2,1-6H3,(H,15,17);5-8,10-11H,9H2,1-4H3;10-11H,5-9H2,1-4H3,(H,13,14);9H,6-8H2,1-5H3,(H,12,13);9H,6-8H2,1-5H3,(H,12,13);9-10H,5-8H2,1-4H3,(H,12,13);9-10H,5-8H2,1-4H3;10H,6-9H2,1-5H3;8H,6-7H2,1-5H3,(H,11,12);8-9H,5-7H2,1-4H3,(H,11,12). The Kier molecular flexibility index (Phi) is 97.6. The number of carbonyl (C=O) groups excluding carboxylic acids is 8. The van der Waals surface area contributed by atoms with Crippen LogP contribution in [0, 0.1) is 98.1 Å². The molecule has 0 aliphatic rings. The molecule has 0 aromatic heterocycles. The van der Waals surface area contributed by atoms with Gasteiger partial charge in [-0.3, -0.25) is 38.4 Å². The number of ketones is 1. The number of carbonyl (C=O) groups is 8. The Hall–Kier alpha value is -5.18. The summed E-state index contributed by atoms with van der Waals surface area (Å²) in [5.41, 5.74) is 2.74. The molecule has 1 rings (SSSR count). The molecule has 0 bridgehead atoms. The van der Waals surface area contributed by atoms with Gasteiger partial charge in [0.15, 0.2) is 5.78 Å². The highest BCUT2D eigenvalue weighted by molar-refractivity contribution is 5.80. The van der Waals surface area contributed by atoms with Crippen LogP contribution in [-0.4, -0.2) is 163 Å². The van der Waals surface area contributed by atoms with Gasteiger partial charge in [0.25, 0.3) is 0 Å². The molecule has 0 radical (unpaired) electrons. The van der Waals surface area contributed by atoms with Gasteiger partial charge in [0.1, 0.15) is 19.0 Å². The molecule has 20 nitrogen and oxygen atoms in total. The number of Topliss-reactive ketones (excluding diaryl/α,β-unsaturated/α-hetero) is 1. The van der Waals surface area contributed by atoms with Crippen LogP contribution in [0.15, 0.2) is 24.3 Å². The van der Waals surface area contributed by atoms with Crippen LogP contribution >= 0.6 is 0 Å². The Bertz CT molecular complexity index is 2840. The Labute approximate surface area is 832 Å². The average molecular weight is 1910 g/mol. The van der Waals surface area contributed by atoms with Crippen molar-refractivity contribution in [3.63, 3.8) is 0 Å². The maximum atomic E-state index is 11.6. The molecule has 1 aromatic rings. The normalized spacial score (nSPS) is 11.5. The fourth-order valence-electron chi connectivity index (χ4n) is 10.6. The highest BCUT2D eigenvalue weighted by Gasteiger charge is 2.18. The summed E-state index contributed by atoms with van der Waals surface area (Å²) >= 11 is 0. The summed E-state index contributed by atoms with van der Waals surface area (Å²) in [6, 6.07) is 8.65. The minimum absolute atomic E-state index is 0.0272. The summed E-state index contributed by atoms with van der Waals surface area (Å²) in [7, 11) is 2.10. The molecule has 7 N–H and O–H groups in total. The van der Waals surface area contributed by atoms with Gasteiger partial charge in [-0.1, -0.05) is 302 Å². The molecule has 0 aliphatic carbocycles. The van der Waals surface area contributed by atoms with E-state index in [4.69, 9.17) is 18.9 Å². The van der Waals surface area contributed by atoms with Gasteiger partial charge in [-0.05, 0) is 233 Å². The molecular weight excluding hydrogens is 1670 g/mol. The van der Waals surface area contributed by atoms with Crippen molar-refractivity contribution in [2.75, 3.05) is 99.0 Å². The molecule has 0 saturated carbocycles. The number of rotatable bonds is 53.